The zero-order chi connectivity index (χ0) is 12.4. The van der Waals surface area contributed by atoms with Crippen molar-refractivity contribution in [2.45, 2.75) is 46.1 Å². The maximum Gasteiger partial charge on any atom is 0.326 e. The van der Waals surface area contributed by atoms with Gasteiger partial charge in [0.1, 0.15) is 5.54 Å². The van der Waals surface area contributed by atoms with Crippen molar-refractivity contribution in [2.75, 3.05) is 24.7 Å². The highest BCUT2D eigenvalue weighted by Gasteiger charge is 2.33. The Kier molecular flexibility index (Phi) is 8.76. The van der Waals surface area contributed by atoms with Crippen LogP contribution in [-0.4, -0.2) is 36.2 Å². The highest BCUT2D eigenvalue weighted by Crippen LogP contribution is 2.16. The van der Waals surface area contributed by atoms with E-state index < -0.39 is 5.54 Å². The van der Waals surface area contributed by atoms with E-state index in [1.165, 1.54) is 6.42 Å². The van der Waals surface area contributed by atoms with E-state index in [4.69, 9.17) is 4.74 Å². The summed E-state index contributed by atoms with van der Waals surface area (Å²) in [5, 5.41) is 3.23. The van der Waals surface area contributed by atoms with Crippen LogP contribution in [0.3, 0.4) is 0 Å². The highest BCUT2D eigenvalue weighted by molar-refractivity contribution is 7.99. The van der Waals surface area contributed by atoms with Gasteiger partial charge in [-0.1, -0.05) is 13.8 Å². The molecular formula is C12H25NO2S. The van der Waals surface area contributed by atoms with E-state index >= 15 is 0 Å². The molecule has 4 heteroatoms. The summed E-state index contributed by atoms with van der Waals surface area (Å²) >= 11 is 1.89. The molecule has 0 rings (SSSR count). The summed E-state index contributed by atoms with van der Waals surface area (Å²) in [4.78, 5) is 11.8. The van der Waals surface area contributed by atoms with Gasteiger partial charge in [0.15, 0.2) is 0 Å². The zero-order valence-corrected chi connectivity index (χ0v) is 11.8. The second-order valence-electron chi connectivity index (χ2n) is 3.95. The third kappa shape index (κ3) is 5.75. The Hall–Kier alpha value is -0.220. The monoisotopic (exact) mass is 247 g/mol. The van der Waals surface area contributed by atoms with Crippen molar-refractivity contribution in [1.29, 1.82) is 0 Å². The Morgan fingerprint density at radius 1 is 1.31 bits per heavy atom. The van der Waals surface area contributed by atoms with Crippen LogP contribution in [0.15, 0.2) is 0 Å². The Labute approximate surface area is 104 Å². The van der Waals surface area contributed by atoms with Gasteiger partial charge in [-0.2, -0.15) is 11.8 Å². The lowest BCUT2D eigenvalue weighted by Crippen LogP contribution is -2.50. The minimum Gasteiger partial charge on any atom is -0.465 e. The molecular weight excluding hydrogens is 222 g/mol. The molecule has 0 aromatic carbocycles. The van der Waals surface area contributed by atoms with Crippen LogP contribution in [0.25, 0.3) is 0 Å². The molecule has 16 heavy (non-hydrogen) atoms. The lowest BCUT2D eigenvalue weighted by atomic mass is 9.99. The van der Waals surface area contributed by atoms with E-state index in [0.717, 1.165) is 24.5 Å². The van der Waals surface area contributed by atoms with Crippen LogP contribution >= 0.6 is 11.8 Å². The molecule has 1 unspecified atom stereocenters. The van der Waals surface area contributed by atoms with Crippen molar-refractivity contribution in [3.05, 3.63) is 0 Å². The summed E-state index contributed by atoms with van der Waals surface area (Å²) < 4.78 is 5.11. The maximum atomic E-state index is 11.8. The van der Waals surface area contributed by atoms with Gasteiger partial charge in [-0.15, -0.1) is 0 Å². The molecule has 0 heterocycles. The highest BCUT2D eigenvalue weighted by atomic mass is 32.2. The quantitative estimate of drug-likeness (QED) is 0.502. The Morgan fingerprint density at radius 2 is 2.00 bits per heavy atom. The minimum atomic E-state index is -0.522. The van der Waals surface area contributed by atoms with Gasteiger partial charge < -0.3 is 10.1 Å². The normalized spacial score (nSPS) is 14.5. The topological polar surface area (TPSA) is 38.3 Å². The number of likely N-dealkylation sites (N-methyl/N-ethyl adjacent to an activating group) is 1. The van der Waals surface area contributed by atoms with Crippen molar-refractivity contribution in [3.8, 4) is 0 Å². The predicted octanol–water partition coefficient (Wildman–Crippen LogP) is 2.45. The van der Waals surface area contributed by atoms with E-state index in [9.17, 15) is 4.79 Å². The third-order valence-corrected chi connectivity index (χ3v) is 3.58. The maximum absolute atomic E-state index is 11.8. The molecule has 0 bridgehead atoms. The fourth-order valence-electron chi connectivity index (χ4n) is 1.47. The lowest BCUT2D eigenvalue weighted by Gasteiger charge is -2.27. The van der Waals surface area contributed by atoms with Gasteiger partial charge in [-0.3, -0.25) is 4.79 Å². The van der Waals surface area contributed by atoms with Crippen LogP contribution in [0, 0.1) is 0 Å². The van der Waals surface area contributed by atoms with Crippen LogP contribution in [0.4, 0.5) is 0 Å². The molecule has 0 saturated carbocycles. The molecule has 0 aromatic heterocycles. The molecule has 0 aliphatic carbocycles. The number of nitrogens with one attached hydrogen (secondary N) is 1. The van der Waals surface area contributed by atoms with Crippen molar-refractivity contribution in [2.24, 2.45) is 0 Å². The Morgan fingerprint density at radius 3 is 2.50 bits per heavy atom. The van der Waals surface area contributed by atoms with Gasteiger partial charge in [0.05, 0.1) is 6.61 Å². The molecule has 0 aliphatic rings. The zero-order valence-electron chi connectivity index (χ0n) is 11.0. The predicted molar refractivity (Wildman–Crippen MR) is 70.9 cm³/mol. The van der Waals surface area contributed by atoms with Gasteiger partial charge in [0, 0.05) is 0 Å². The number of carbonyl (C=O) groups is 1. The SMILES string of the molecule is CCCSCCC(C)(NCC)C(=O)OCC. The average molecular weight is 247 g/mol. The van der Waals surface area contributed by atoms with Gasteiger partial charge in [0.2, 0.25) is 0 Å². The fourth-order valence-corrected chi connectivity index (χ4v) is 2.51. The number of ether oxygens (including phenoxy) is 1. The molecule has 96 valence electrons. The summed E-state index contributed by atoms with van der Waals surface area (Å²) in [7, 11) is 0. The van der Waals surface area contributed by atoms with Crippen LogP contribution < -0.4 is 5.32 Å². The van der Waals surface area contributed by atoms with Crippen LogP contribution in [-0.2, 0) is 9.53 Å². The molecule has 0 radical (unpaired) electrons. The summed E-state index contributed by atoms with van der Waals surface area (Å²) in [6.07, 6.45) is 2.01. The first-order chi connectivity index (χ1) is 7.60. The van der Waals surface area contributed by atoms with Gasteiger partial charge in [-0.25, -0.2) is 0 Å². The van der Waals surface area contributed by atoms with E-state index in [-0.39, 0.29) is 5.97 Å². The van der Waals surface area contributed by atoms with Gasteiger partial charge >= 0.3 is 5.97 Å². The minimum absolute atomic E-state index is 0.131. The van der Waals surface area contributed by atoms with E-state index in [1.54, 1.807) is 0 Å². The Balaban J connectivity index is 4.15. The summed E-state index contributed by atoms with van der Waals surface area (Å²) in [6.45, 7) is 9.19. The largest absolute Gasteiger partial charge is 0.465 e. The van der Waals surface area contributed by atoms with Crippen LogP contribution in [0.1, 0.15) is 40.5 Å². The van der Waals surface area contributed by atoms with Crippen molar-refractivity contribution in [3.63, 3.8) is 0 Å². The molecule has 0 aliphatic heterocycles. The Bertz CT molecular complexity index is 199. The van der Waals surface area contributed by atoms with Crippen LogP contribution in [0.5, 0.6) is 0 Å². The second kappa shape index (κ2) is 8.88. The number of thioether (sulfide) groups is 1. The standard InChI is InChI=1S/C12H25NO2S/c1-5-9-16-10-8-12(4,13-6-2)11(14)15-7-3/h13H,5-10H2,1-4H3. The van der Waals surface area contributed by atoms with Gasteiger partial charge in [0.25, 0.3) is 0 Å². The molecule has 1 N–H and O–H groups in total. The number of esters is 1. The van der Waals surface area contributed by atoms with Crippen molar-refractivity contribution in [1.82, 2.24) is 5.32 Å². The molecule has 3 nitrogen and oxygen atoms in total. The van der Waals surface area contributed by atoms with Gasteiger partial charge in [-0.05, 0) is 44.7 Å². The first kappa shape index (κ1) is 15.8. The van der Waals surface area contributed by atoms with Crippen LogP contribution in [0.2, 0.25) is 0 Å². The number of rotatable bonds is 9. The first-order valence-electron chi connectivity index (χ1n) is 6.10. The summed E-state index contributed by atoms with van der Waals surface area (Å²) in [5.74, 6) is 2.02. The summed E-state index contributed by atoms with van der Waals surface area (Å²) in [5.41, 5.74) is -0.522. The molecule has 0 fully saturated rings. The average Bonchev–Trinajstić information content (AvgIpc) is 2.25. The van der Waals surface area contributed by atoms with E-state index in [0.29, 0.717) is 6.61 Å². The summed E-state index contributed by atoms with van der Waals surface area (Å²) in [6, 6.07) is 0. The first-order valence-corrected chi connectivity index (χ1v) is 7.26. The molecule has 1 atom stereocenters. The third-order valence-electron chi connectivity index (χ3n) is 2.39. The van der Waals surface area contributed by atoms with E-state index in [2.05, 4.69) is 12.2 Å². The fraction of sp³-hybridized carbons (Fsp3) is 0.917. The number of hydrogen-bond donors (Lipinski definition) is 1. The van der Waals surface area contributed by atoms with E-state index in [1.807, 2.05) is 32.5 Å². The second-order valence-corrected chi connectivity index (χ2v) is 5.17. The van der Waals surface area contributed by atoms with Crippen molar-refractivity contribution >= 4 is 17.7 Å². The molecule has 0 saturated heterocycles. The van der Waals surface area contributed by atoms with Crippen molar-refractivity contribution < 1.29 is 9.53 Å². The molecule has 0 spiro atoms. The number of hydrogen-bond acceptors (Lipinski definition) is 4. The molecule has 0 aromatic rings. The smallest absolute Gasteiger partial charge is 0.326 e. The molecule has 0 amide bonds. The number of carbonyl (C=O) groups excluding carboxylic acids is 1. The lowest BCUT2D eigenvalue weighted by molar-refractivity contribution is -0.150.